The number of unbranched alkanes of at least 4 members (excludes halogenated alkanes) is 6. The number of carbonyl (C=O) groups excluding carboxylic acids is 1. The zero-order valence-corrected chi connectivity index (χ0v) is 24.3. The lowest BCUT2D eigenvalue weighted by atomic mass is 9.78. The van der Waals surface area contributed by atoms with Crippen molar-refractivity contribution in [3.05, 3.63) is 29.6 Å². The Morgan fingerprint density at radius 3 is 2.21 bits per heavy atom. The van der Waals surface area contributed by atoms with Crippen molar-refractivity contribution in [1.29, 1.82) is 0 Å². The van der Waals surface area contributed by atoms with Crippen LogP contribution in [0, 0.1) is 23.6 Å². The molecule has 2 aliphatic rings. The van der Waals surface area contributed by atoms with Crippen LogP contribution in [0.25, 0.3) is 0 Å². The van der Waals surface area contributed by atoms with Gasteiger partial charge >= 0.3 is 5.97 Å². The van der Waals surface area contributed by atoms with Crippen LogP contribution in [0.4, 0.5) is 13.2 Å². The molecule has 1 aromatic rings. The van der Waals surface area contributed by atoms with Gasteiger partial charge in [0.1, 0.15) is 6.10 Å². The SMILES string of the molecule is CCCCCCCCCC1CCC(OC(=O)C2CCC(C(F)(F)CCOc3ccc(CC)cc3F)CC2)CC1. The molecule has 39 heavy (non-hydrogen) atoms. The van der Waals surface area contributed by atoms with Crippen LogP contribution in [0.5, 0.6) is 5.75 Å². The molecule has 222 valence electrons. The molecule has 2 saturated carbocycles. The van der Waals surface area contributed by atoms with Crippen LogP contribution in [0.2, 0.25) is 0 Å². The first-order valence-electron chi connectivity index (χ1n) is 15.8. The van der Waals surface area contributed by atoms with Gasteiger partial charge in [-0.1, -0.05) is 71.3 Å². The van der Waals surface area contributed by atoms with E-state index < -0.39 is 24.1 Å². The van der Waals surface area contributed by atoms with Crippen LogP contribution >= 0.6 is 0 Å². The summed E-state index contributed by atoms with van der Waals surface area (Å²) < 4.78 is 55.0. The van der Waals surface area contributed by atoms with Crippen LogP contribution in [0.3, 0.4) is 0 Å². The highest BCUT2D eigenvalue weighted by Gasteiger charge is 2.42. The summed E-state index contributed by atoms with van der Waals surface area (Å²) in [6.45, 7) is 3.94. The Labute approximate surface area is 234 Å². The summed E-state index contributed by atoms with van der Waals surface area (Å²) in [4.78, 5) is 12.8. The highest BCUT2D eigenvalue weighted by molar-refractivity contribution is 5.72. The molecular weight excluding hydrogens is 501 g/mol. The zero-order valence-electron chi connectivity index (χ0n) is 24.3. The molecule has 2 fully saturated rings. The fourth-order valence-corrected chi connectivity index (χ4v) is 6.32. The summed E-state index contributed by atoms with van der Waals surface area (Å²) in [6.07, 6.45) is 16.5. The summed E-state index contributed by atoms with van der Waals surface area (Å²) in [5, 5.41) is 0. The molecule has 0 atom stereocenters. The van der Waals surface area contributed by atoms with E-state index in [1.807, 2.05) is 6.92 Å². The molecule has 0 bridgehead atoms. The first-order chi connectivity index (χ1) is 18.8. The van der Waals surface area contributed by atoms with E-state index in [4.69, 9.17) is 9.47 Å². The number of hydrogen-bond donors (Lipinski definition) is 0. The van der Waals surface area contributed by atoms with Gasteiger partial charge in [0, 0.05) is 12.3 Å². The van der Waals surface area contributed by atoms with E-state index in [0.717, 1.165) is 37.2 Å². The van der Waals surface area contributed by atoms with Gasteiger partial charge in [-0.15, -0.1) is 0 Å². The van der Waals surface area contributed by atoms with E-state index in [0.29, 0.717) is 32.1 Å². The molecule has 0 amide bonds. The second-order valence-electron chi connectivity index (χ2n) is 12.0. The van der Waals surface area contributed by atoms with E-state index in [-0.39, 0.29) is 30.3 Å². The summed E-state index contributed by atoms with van der Waals surface area (Å²) >= 11 is 0. The molecule has 0 aromatic heterocycles. The van der Waals surface area contributed by atoms with Gasteiger partial charge in [0.2, 0.25) is 0 Å². The van der Waals surface area contributed by atoms with Gasteiger partial charge in [-0.25, -0.2) is 13.2 Å². The van der Waals surface area contributed by atoms with Crippen molar-refractivity contribution < 1.29 is 27.4 Å². The number of benzene rings is 1. The minimum Gasteiger partial charge on any atom is -0.490 e. The fraction of sp³-hybridized carbons (Fsp3) is 0.788. The normalized spacial score (nSPS) is 23.9. The van der Waals surface area contributed by atoms with Crippen LogP contribution in [0.1, 0.15) is 129 Å². The average molecular weight is 553 g/mol. The van der Waals surface area contributed by atoms with Crippen molar-refractivity contribution >= 4 is 5.97 Å². The highest BCUT2D eigenvalue weighted by Crippen LogP contribution is 2.41. The fourth-order valence-electron chi connectivity index (χ4n) is 6.32. The van der Waals surface area contributed by atoms with Gasteiger partial charge in [0.15, 0.2) is 11.6 Å². The number of ether oxygens (including phenoxy) is 2. The number of hydrogen-bond acceptors (Lipinski definition) is 3. The Morgan fingerprint density at radius 2 is 1.56 bits per heavy atom. The van der Waals surface area contributed by atoms with Gasteiger partial charge < -0.3 is 9.47 Å². The van der Waals surface area contributed by atoms with Crippen LogP contribution in [0.15, 0.2) is 18.2 Å². The van der Waals surface area contributed by atoms with Crippen molar-refractivity contribution in [1.82, 2.24) is 0 Å². The third-order valence-corrected chi connectivity index (χ3v) is 9.05. The molecule has 0 spiro atoms. The molecule has 0 heterocycles. The maximum Gasteiger partial charge on any atom is 0.309 e. The van der Waals surface area contributed by atoms with E-state index >= 15 is 0 Å². The van der Waals surface area contributed by atoms with Crippen molar-refractivity contribution in [2.45, 2.75) is 141 Å². The second-order valence-corrected chi connectivity index (χ2v) is 12.0. The second kappa shape index (κ2) is 16.5. The Morgan fingerprint density at radius 1 is 0.897 bits per heavy atom. The topological polar surface area (TPSA) is 35.5 Å². The number of carbonyl (C=O) groups is 1. The van der Waals surface area contributed by atoms with Crippen LogP contribution in [-0.2, 0) is 16.0 Å². The standard InChI is InChI=1S/C33H51F3O3/c1-3-5-6-7-8-9-10-11-26-12-19-29(20-13-26)39-32(37)27-15-17-28(18-16-27)33(35,36)22-23-38-31-21-14-25(4-2)24-30(31)34/h14,21,24,26-29H,3-13,15-20,22-23H2,1-2H3. The van der Waals surface area contributed by atoms with E-state index in [1.54, 1.807) is 6.07 Å². The third kappa shape index (κ3) is 10.6. The Hall–Kier alpha value is -1.72. The molecule has 0 unspecified atom stereocenters. The summed E-state index contributed by atoms with van der Waals surface area (Å²) in [7, 11) is 0. The van der Waals surface area contributed by atoms with Gasteiger partial charge in [0.25, 0.3) is 5.92 Å². The monoisotopic (exact) mass is 552 g/mol. The largest absolute Gasteiger partial charge is 0.490 e. The number of esters is 1. The number of alkyl halides is 2. The first kappa shape index (κ1) is 31.8. The van der Waals surface area contributed by atoms with Crippen molar-refractivity contribution in [3.63, 3.8) is 0 Å². The molecule has 0 saturated heterocycles. The molecule has 3 rings (SSSR count). The maximum atomic E-state index is 14.9. The molecule has 2 aliphatic carbocycles. The number of halogens is 3. The van der Waals surface area contributed by atoms with E-state index in [2.05, 4.69) is 6.92 Å². The highest BCUT2D eigenvalue weighted by atomic mass is 19.3. The quantitative estimate of drug-likeness (QED) is 0.151. The van der Waals surface area contributed by atoms with Gasteiger partial charge in [0.05, 0.1) is 12.5 Å². The van der Waals surface area contributed by atoms with Crippen molar-refractivity contribution in [2.24, 2.45) is 17.8 Å². The minimum absolute atomic E-state index is 0.00843. The van der Waals surface area contributed by atoms with Gasteiger partial charge in [-0.2, -0.15) is 0 Å². The number of rotatable bonds is 16. The van der Waals surface area contributed by atoms with Gasteiger partial charge in [-0.3, -0.25) is 4.79 Å². The smallest absolute Gasteiger partial charge is 0.309 e. The molecular formula is C33H51F3O3. The zero-order chi connectivity index (χ0) is 28.1. The van der Waals surface area contributed by atoms with Crippen LogP contribution < -0.4 is 4.74 Å². The Bertz CT molecular complexity index is 843. The minimum atomic E-state index is -2.90. The van der Waals surface area contributed by atoms with Crippen LogP contribution in [-0.4, -0.2) is 24.6 Å². The lowest BCUT2D eigenvalue weighted by Gasteiger charge is -2.34. The number of aryl methyl sites for hydroxylation is 1. The summed E-state index contributed by atoms with van der Waals surface area (Å²) in [6, 6.07) is 4.64. The molecule has 6 heteroatoms. The third-order valence-electron chi connectivity index (χ3n) is 9.05. The lowest BCUT2D eigenvalue weighted by molar-refractivity contribution is -0.159. The van der Waals surface area contributed by atoms with Crippen molar-refractivity contribution in [3.8, 4) is 5.75 Å². The Balaban J connectivity index is 1.29. The van der Waals surface area contributed by atoms with E-state index in [9.17, 15) is 18.0 Å². The summed E-state index contributed by atoms with van der Waals surface area (Å²) in [5.41, 5.74) is 0.840. The Kier molecular flexibility index (Phi) is 13.5. The van der Waals surface area contributed by atoms with Gasteiger partial charge in [-0.05, 0) is 81.4 Å². The predicted molar refractivity (Wildman–Crippen MR) is 151 cm³/mol. The molecule has 0 aliphatic heterocycles. The van der Waals surface area contributed by atoms with E-state index in [1.165, 1.54) is 63.5 Å². The first-order valence-corrected chi connectivity index (χ1v) is 15.8. The summed E-state index contributed by atoms with van der Waals surface area (Å²) in [5.74, 6) is -3.89. The maximum absolute atomic E-state index is 14.9. The van der Waals surface area contributed by atoms with Crippen molar-refractivity contribution in [2.75, 3.05) is 6.61 Å². The molecule has 0 radical (unpaired) electrons. The molecule has 1 aromatic carbocycles. The lowest BCUT2D eigenvalue weighted by Crippen LogP contribution is -2.36. The average Bonchev–Trinajstić information content (AvgIpc) is 2.94. The predicted octanol–water partition coefficient (Wildman–Crippen LogP) is 9.84. The molecule has 3 nitrogen and oxygen atoms in total. The molecule has 0 N–H and O–H groups in total.